The lowest BCUT2D eigenvalue weighted by molar-refractivity contribution is 0.0722. The van der Waals surface area contributed by atoms with Crippen LogP contribution in [0.4, 0.5) is 0 Å². The predicted molar refractivity (Wildman–Crippen MR) is 172 cm³/mol. The topological polar surface area (TPSA) is 89.5 Å². The molecule has 1 aliphatic heterocycles. The van der Waals surface area contributed by atoms with Crippen LogP contribution in [0.1, 0.15) is 43.0 Å². The fraction of sp³-hybridized carbons (Fsp3) is 0.158. The van der Waals surface area contributed by atoms with E-state index in [1.54, 1.807) is 74.9 Å². The second-order valence-corrected chi connectivity index (χ2v) is 10.9. The Labute approximate surface area is 267 Å². The molecule has 232 valence electrons. The van der Waals surface area contributed by atoms with Crippen molar-refractivity contribution in [2.24, 2.45) is 0 Å². The van der Waals surface area contributed by atoms with E-state index in [0.717, 1.165) is 22.3 Å². The minimum absolute atomic E-state index is 0.222. The van der Waals surface area contributed by atoms with Crippen molar-refractivity contribution >= 4 is 11.9 Å². The van der Waals surface area contributed by atoms with Gasteiger partial charge in [-0.1, -0.05) is 24.3 Å². The summed E-state index contributed by atoms with van der Waals surface area (Å²) in [6.07, 6.45) is 0. The van der Waals surface area contributed by atoms with Crippen LogP contribution >= 0.6 is 0 Å². The van der Waals surface area contributed by atoms with Gasteiger partial charge >= 0.3 is 11.9 Å². The van der Waals surface area contributed by atoms with Crippen molar-refractivity contribution in [3.8, 4) is 45.6 Å². The number of ether oxygens (including phenoxy) is 6. The van der Waals surface area contributed by atoms with Crippen LogP contribution in [0.2, 0.25) is 0 Å². The first-order chi connectivity index (χ1) is 22.3. The van der Waals surface area contributed by atoms with Gasteiger partial charge in [-0.25, -0.2) is 9.59 Å². The summed E-state index contributed by atoms with van der Waals surface area (Å²) < 4.78 is 35.6. The number of hydrogen-bond donors (Lipinski definition) is 0. The third-order valence-corrected chi connectivity index (χ3v) is 7.61. The third-order valence-electron chi connectivity index (χ3n) is 7.61. The molecule has 0 atom stereocenters. The first-order valence-electron chi connectivity index (χ1n) is 14.7. The zero-order valence-corrected chi connectivity index (χ0v) is 25.9. The summed E-state index contributed by atoms with van der Waals surface area (Å²) in [6.45, 7) is 4.25. The zero-order chi connectivity index (χ0) is 32.2. The van der Waals surface area contributed by atoms with Crippen LogP contribution in [0.25, 0.3) is 11.1 Å². The van der Waals surface area contributed by atoms with Gasteiger partial charge < -0.3 is 28.4 Å². The monoisotopic (exact) mass is 616 g/mol. The smallest absolute Gasteiger partial charge is 0.343 e. The van der Waals surface area contributed by atoms with Crippen molar-refractivity contribution in [1.82, 2.24) is 0 Å². The highest BCUT2D eigenvalue weighted by Crippen LogP contribution is 2.50. The number of methoxy groups -OCH3 is 2. The van der Waals surface area contributed by atoms with Gasteiger partial charge in [-0.05, 0) is 109 Å². The lowest BCUT2D eigenvalue weighted by atomic mass is 9.97. The number of hydrogen-bond acceptors (Lipinski definition) is 8. The molecular formula is C38H32O8. The summed E-state index contributed by atoms with van der Waals surface area (Å²) in [4.78, 5) is 27.0. The summed E-state index contributed by atoms with van der Waals surface area (Å²) >= 11 is 0. The fourth-order valence-electron chi connectivity index (χ4n) is 5.25. The van der Waals surface area contributed by atoms with E-state index < -0.39 is 11.9 Å². The fourth-order valence-corrected chi connectivity index (χ4v) is 5.25. The number of carbonyl (C=O) groups is 2. The number of carbonyl (C=O) groups excluding carboxylic acids is 2. The van der Waals surface area contributed by atoms with Crippen molar-refractivity contribution in [2.75, 3.05) is 14.2 Å². The number of benzene rings is 5. The molecule has 0 aliphatic carbocycles. The lowest BCUT2D eigenvalue weighted by Crippen LogP contribution is -2.13. The molecule has 0 spiro atoms. The Morgan fingerprint density at radius 2 is 0.957 bits per heavy atom. The molecule has 0 fully saturated rings. The summed E-state index contributed by atoms with van der Waals surface area (Å²) in [7, 11) is 3.11. The Kier molecular flexibility index (Phi) is 8.61. The zero-order valence-electron chi connectivity index (χ0n) is 25.9. The standard InChI is InChI=1S/C38H32O8/c1-23-17-31-35(33(19-23)45-37(39)25-9-13-29(41-3)14-10-25)36-32(44-22-28-8-6-5-7-27(28)21-43-31)18-24(2)20-34(36)46-38(40)26-11-15-30(42-4)16-12-26/h5-20H,21-22H2,1-4H3. The molecule has 5 aromatic carbocycles. The van der Waals surface area contributed by atoms with Crippen molar-refractivity contribution < 1.29 is 38.0 Å². The van der Waals surface area contributed by atoms with Crippen molar-refractivity contribution in [3.63, 3.8) is 0 Å². The molecule has 1 heterocycles. The van der Waals surface area contributed by atoms with Crippen LogP contribution in [0.3, 0.4) is 0 Å². The summed E-state index contributed by atoms with van der Waals surface area (Å²) in [5, 5.41) is 0. The summed E-state index contributed by atoms with van der Waals surface area (Å²) in [6, 6.07) is 28.4. The van der Waals surface area contributed by atoms with E-state index in [1.165, 1.54) is 0 Å². The van der Waals surface area contributed by atoms with E-state index in [9.17, 15) is 9.59 Å². The second kappa shape index (κ2) is 13.1. The average Bonchev–Trinajstić information content (AvgIpc) is 3.07. The van der Waals surface area contributed by atoms with Crippen molar-refractivity contribution in [3.05, 3.63) is 130 Å². The van der Waals surface area contributed by atoms with Gasteiger partial charge in [0.25, 0.3) is 0 Å². The molecule has 0 radical (unpaired) electrons. The van der Waals surface area contributed by atoms with E-state index in [0.29, 0.717) is 45.3 Å². The Morgan fingerprint density at radius 3 is 1.33 bits per heavy atom. The largest absolute Gasteiger partial charge is 0.497 e. The first kappa shape index (κ1) is 30.3. The predicted octanol–water partition coefficient (Wildman–Crippen LogP) is 7.90. The van der Waals surface area contributed by atoms with Crippen LogP contribution in [-0.2, 0) is 13.2 Å². The Morgan fingerprint density at radius 1 is 0.565 bits per heavy atom. The molecule has 8 heteroatoms. The molecule has 6 rings (SSSR count). The molecule has 8 nitrogen and oxygen atoms in total. The maximum Gasteiger partial charge on any atom is 0.343 e. The van der Waals surface area contributed by atoms with E-state index in [-0.39, 0.29) is 24.7 Å². The quantitative estimate of drug-likeness (QED) is 0.141. The average molecular weight is 617 g/mol. The van der Waals surface area contributed by atoms with Gasteiger partial charge in [-0.15, -0.1) is 0 Å². The lowest BCUT2D eigenvalue weighted by Gasteiger charge is -2.24. The number of fused-ring (bicyclic) bond motifs is 4. The molecule has 0 saturated heterocycles. The van der Waals surface area contributed by atoms with Gasteiger partial charge in [-0.2, -0.15) is 0 Å². The van der Waals surface area contributed by atoms with Gasteiger partial charge in [0.05, 0.1) is 36.5 Å². The summed E-state index contributed by atoms with van der Waals surface area (Å²) in [5.74, 6) is 1.38. The molecule has 46 heavy (non-hydrogen) atoms. The molecule has 0 N–H and O–H groups in total. The van der Waals surface area contributed by atoms with Crippen LogP contribution in [0.15, 0.2) is 97.1 Å². The molecule has 0 aromatic heterocycles. The minimum Gasteiger partial charge on any atom is -0.497 e. The number of esters is 2. The van der Waals surface area contributed by atoms with Gasteiger partial charge in [0, 0.05) is 0 Å². The molecule has 1 aliphatic rings. The van der Waals surface area contributed by atoms with Gasteiger partial charge in [-0.3, -0.25) is 0 Å². The molecule has 0 saturated carbocycles. The highest BCUT2D eigenvalue weighted by atomic mass is 16.5. The van der Waals surface area contributed by atoms with Crippen molar-refractivity contribution in [1.29, 1.82) is 0 Å². The SMILES string of the molecule is COc1ccc(C(=O)Oc2cc(C)cc3c2-c2c(cc(C)cc2OC(=O)c2ccc(OC)cc2)OCc2ccccc2CO3)cc1. The van der Waals surface area contributed by atoms with Gasteiger partial charge in [0.15, 0.2) is 0 Å². The molecule has 0 amide bonds. The Hall–Kier alpha value is -5.76. The summed E-state index contributed by atoms with van der Waals surface area (Å²) in [5.41, 5.74) is 5.00. The van der Waals surface area contributed by atoms with E-state index in [2.05, 4.69) is 0 Å². The maximum atomic E-state index is 13.5. The highest BCUT2D eigenvalue weighted by Gasteiger charge is 2.28. The maximum absolute atomic E-state index is 13.5. The van der Waals surface area contributed by atoms with Crippen LogP contribution < -0.4 is 28.4 Å². The molecule has 5 aromatic rings. The molecular weight excluding hydrogens is 584 g/mol. The van der Waals surface area contributed by atoms with E-state index >= 15 is 0 Å². The molecule has 0 unspecified atom stereocenters. The number of rotatable bonds is 6. The van der Waals surface area contributed by atoms with Crippen LogP contribution in [-0.4, -0.2) is 26.2 Å². The normalized spacial score (nSPS) is 11.8. The van der Waals surface area contributed by atoms with Gasteiger partial charge in [0.1, 0.15) is 47.7 Å². The number of aryl methyl sites for hydroxylation is 2. The van der Waals surface area contributed by atoms with Gasteiger partial charge in [0.2, 0.25) is 0 Å². The molecule has 0 bridgehead atoms. The van der Waals surface area contributed by atoms with E-state index in [1.807, 2.05) is 50.2 Å². The Balaban J connectivity index is 1.51. The third kappa shape index (κ3) is 6.37. The Bertz CT molecular complexity index is 1770. The van der Waals surface area contributed by atoms with Crippen LogP contribution in [0, 0.1) is 13.8 Å². The van der Waals surface area contributed by atoms with Crippen LogP contribution in [0.5, 0.6) is 34.5 Å². The van der Waals surface area contributed by atoms with E-state index in [4.69, 9.17) is 28.4 Å². The van der Waals surface area contributed by atoms with Crippen molar-refractivity contribution in [2.45, 2.75) is 27.1 Å². The minimum atomic E-state index is -0.579. The highest BCUT2D eigenvalue weighted by molar-refractivity contribution is 5.96. The first-order valence-corrected chi connectivity index (χ1v) is 14.7. The second-order valence-electron chi connectivity index (χ2n) is 10.9.